The lowest BCUT2D eigenvalue weighted by Crippen LogP contribution is -2.36. The first-order valence-corrected chi connectivity index (χ1v) is 8.81. The molecule has 1 heterocycles. The van der Waals surface area contributed by atoms with E-state index >= 15 is 0 Å². The highest BCUT2D eigenvalue weighted by Gasteiger charge is 2.05. The Morgan fingerprint density at radius 1 is 1.12 bits per heavy atom. The third-order valence-electron chi connectivity index (χ3n) is 3.44. The van der Waals surface area contributed by atoms with Gasteiger partial charge in [-0.1, -0.05) is 12.1 Å². The summed E-state index contributed by atoms with van der Waals surface area (Å²) < 4.78 is 0. The number of hydrogen-bond acceptors (Lipinski definition) is 3. The molecule has 0 unspecified atom stereocenters. The zero-order valence-electron chi connectivity index (χ0n) is 14.3. The molecule has 0 fully saturated rings. The number of aryl methyl sites for hydroxylation is 1. The van der Waals surface area contributed by atoms with Crippen molar-refractivity contribution in [2.45, 2.75) is 26.9 Å². The molecule has 24 heavy (non-hydrogen) atoms. The fourth-order valence-electron chi connectivity index (χ4n) is 2.24. The standard InChI is InChI=1S/C18H24N4OS/c1-4-20-17(23)15-7-5-6-14(10-15)11-21-18(19-3)22-12-16-9-8-13(2)24-16/h5-10H,4,11-12H2,1-3H3,(H,20,23)(H2,19,21,22). The van der Waals surface area contributed by atoms with E-state index in [0.29, 0.717) is 18.7 Å². The topological polar surface area (TPSA) is 65.5 Å². The first kappa shape index (κ1) is 18.0. The molecule has 2 aromatic rings. The van der Waals surface area contributed by atoms with Crippen molar-refractivity contribution in [3.63, 3.8) is 0 Å². The number of carbonyl (C=O) groups is 1. The van der Waals surface area contributed by atoms with Gasteiger partial charge in [-0.3, -0.25) is 9.79 Å². The highest BCUT2D eigenvalue weighted by Crippen LogP contribution is 2.14. The van der Waals surface area contributed by atoms with Crippen LogP contribution in [0, 0.1) is 6.92 Å². The molecular weight excluding hydrogens is 320 g/mol. The molecule has 0 saturated heterocycles. The second-order valence-electron chi connectivity index (χ2n) is 5.35. The van der Waals surface area contributed by atoms with Crippen LogP contribution < -0.4 is 16.0 Å². The Labute approximate surface area is 147 Å². The molecule has 1 aromatic heterocycles. The summed E-state index contributed by atoms with van der Waals surface area (Å²) in [5.74, 6) is 0.694. The molecule has 0 aliphatic heterocycles. The molecule has 0 radical (unpaired) electrons. The summed E-state index contributed by atoms with van der Waals surface area (Å²) in [6, 6.07) is 11.8. The Hall–Kier alpha value is -2.34. The van der Waals surface area contributed by atoms with Crippen molar-refractivity contribution in [1.82, 2.24) is 16.0 Å². The van der Waals surface area contributed by atoms with E-state index in [2.05, 4.69) is 40.0 Å². The van der Waals surface area contributed by atoms with Crippen molar-refractivity contribution in [1.29, 1.82) is 0 Å². The zero-order valence-corrected chi connectivity index (χ0v) is 15.2. The smallest absolute Gasteiger partial charge is 0.251 e. The Morgan fingerprint density at radius 2 is 1.92 bits per heavy atom. The maximum absolute atomic E-state index is 11.9. The highest BCUT2D eigenvalue weighted by atomic mass is 32.1. The van der Waals surface area contributed by atoms with Crippen LogP contribution in [0.4, 0.5) is 0 Å². The molecule has 1 amide bonds. The number of rotatable bonds is 6. The number of guanidine groups is 1. The van der Waals surface area contributed by atoms with Gasteiger partial charge in [0.1, 0.15) is 0 Å². The van der Waals surface area contributed by atoms with Crippen LogP contribution in [-0.2, 0) is 13.1 Å². The van der Waals surface area contributed by atoms with Gasteiger partial charge in [-0.25, -0.2) is 0 Å². The van der Waals surface area contributed by atoms with Crippen LogP contribution in [0.25, 0.3) is 0 Å². The van der Waals surface area contributed by atoms with E-state index in [-0.39, 0.29) is 5.91 Å². The van der Waals surface area contributed by atoms with E-state index in [1.807, 2.05) is 31.2 Å². The predicted molar refractivity (Wildman–Crippen MR) is 101 cm³/mol. The molecule has 0 atom stereocenters. The molecule has 0 saturated carbocycles. The number of hydrogen-bond donors (Lipinski definition) is 3. The second kappa shape index (κ2) is 9.08. The largest absolute Gasteiger partial charge is 0.352 e. The summed E-state index contributed by atoms with van der Waals surface area (Å²) >= 11 is 1.77. The summed E-state index contributed by atoms with van der Waals surface area (Å²) in [6.45, 7) is 5.99. The van der Waals surface area contributed by atoms with Gasteiger partial charge in [0, 0.05) is 35.5 Å². The fourth-order valence-corrected chi connectivity index (χ4v) is 3.07. The lowest BCUT2D eigenvalue weighted by molar-refractivity contribution is 0.0955. The van der Waals surface area contributed by atoms with Crippen molar-refractivity contribution in [2.75, 3.05) is 13.6 Å². The predicted octanol–water partition coefficient (Wildman–Crippen LogP) is 2.67. The monoisotopic (exact) mass is 344 g/mol. The number of nitrogens with one attached hydrogen (secondary N) is 3. The third-order valence-corrected chi connectivity index (χ3v) is 4.44. The molecule has 6 heteroatoms. The molecule has 0 bridgehead atoms. The number of aliphatic imine (C=N–C) groups is 1. The Kier molecular flexibility index (Phi) is 6.81. The average molecular weight is 344 g/mol. The van der Waals surface area contributed by atoms with Gasteiger partial charge < -0.3 is 16.0 Å². The third kappa shape index (κ3) is 5.38. The summed E-state index contributed by atoms with van der Waals surface area (Å²) in [5, 5.41) is 9.38. The summed E-state index contributed by atoms with van der Waals surface area (Å²) in [4.78, 5) is 18.7. The van der Waals surface area contributed by atoms with Crippen LogP contribution in [0.15, 0.2) is 41.4 Å². The maximum atomic E-state index is 11.9. The zero-order chi connectivity index (χ0) is 17.4. The van der Waals surface area contributed by atoms with Gasteiger partial charge in [0.2, 0.25) is 0 Å². The van der Waals surface area contributed by atoms with Crippen molar-refractivity contribution in [3.8, 4) is 0 Å². The maximum Gasteiger partial charge on any atom is 0.251 e. The first-order chi connectivity index (χ1) is 11.6. The van der Waals surface area contributed by atoms with Gasteiger partial charge in [0.05, 0.1) is 6.54 Å². The van der Waals surface area contributed by atoms with E-state index in [9.17, 15) is 4.79 Å². The van der Waals surface area contributed by atoms with Crippen molar-refractivity contribution in [3.05, 3.63) is 57.3 Å². The highest BCUT2D eigenvalue weighted by molar-refractivity contribution is 7.11. The van der Waals surface area contributed by atoms with E-state index in [1.54, 1.807) is 18.4 Å². The number of benzene rings is 1. The van der Waals surface area contributed by atoms with Crippen LogP contribution in [0.3, 0.4) is 0 Å². The minimum absolute atomic E-state index is 0.0464. The van der Waals surface area contributed by atoms with Gasteiger partial charge >= 0.3 is 0 Å². The fraction of sp³-hybridized carbons (Fsp3) is 0.333. The summed E-state index contributed by atoms with van der Waals surface area (Å²) in [5.41, 5.74) is 1.71. The lowest BCUT2D eigenvalue weighted by Gasteiger charge is -2.12. The van der Waals surface area contributed by atoms with Crippen molar-refractivity contribution < 1.29 is 4.79 Å². The Bertz CT molecular complexity index is 709. The van der Waals surface area contributed by atoms with E-state index in [4.69, 9.17) is 0 Å². The van der Waals surface area contributed by atoms with E-state index < -0.39 is 0 Å². The Balaban J connectivity index is 1.88. The molecule has 0 spiro atoms. The van der Waals surface area contributed by atoms with Gasteiger partial charge in [0.15, 0.2) is 5.96 Å². The average Bonchev–Trinajstić information content (AvgIpc) is 3.01. The number of nitrogens with zero attached hydrogens (tertiary/aromatic N) is 1. The quantitative estimate of drug-likeness (QED) is 0.557. The van der Waals surface area contributed by atoms with Crippen LogP contribution in [-0.4, -0.2) is 25.5 Å². The molecule has 2 rings (SSSR count). The second-order valence-corrected chi connectivity index (χ2v) is 6.72. The minimum Gasteiger partial charge on any atom is -0.352 e. The molecule has 1 aromatic carbocycles. The molecule has 0 aliphatic rings. The lowest BCUT2D eigenvalue weighted by atomic mass is 10.1. The van der Waals surface area contributed by atoms with Gasteiger partial charge in [0.25, 0.3) is 5.91 Å². The van der Waals surface area contributed by atoms with Gasteiger partial charge in [-0.05, 0) is 43.7 Å². The SMILES string of the molecule is CCNC(=O)c1cccc(CNC(=NC)NCc2ccc(C)s2)c1. The number of amides is 1. The van der Waals surface area contributed by atoms with E-state index in [1.165, 1.54) is 9.75 Å². The summed E-state index contributed by atoms with van der Waals surface area (Å²) in [6.07, 6.45) is 0. The van der Waals surface area contributed by atoms with Crippen LogP contribution in [0.5, 0.6) is 0 Å². The first-order valence-electron chi connectivity index (χ1n) is 7.99. The molecular formula is C18H24N4OS. The molecule has 3 N–H and O–H groups in total. The van der Waals surface area contributed by atoms with Crippen molar-refractivity contribution >= 4 is 23.2 Å². The number of thiophene rings is 1. The van der Waals surface area contributed by atoms with Crippen LogP contribution >= 0.6 is 11.3 Å². The minimum atomic E-state index is -0.0464. The number of carbonyl (C=O) groups excluding carboxylic acids is 1. The van der Waals surface area contributed by atoms with Crippen molar-refractivity contribution in [2.24, 2.45) is 4.99 Å². The van der Waals surface area contributed by atoms with Crippen LogP contribution in [0.2, 0.25) is 0 Å². The Morgan fingerprint density at radius 3 is 2.58 bits per heavy atom. The van der Waals surface area contributed by atoms with Crippen LogP contribution in [0.1, 0.15) is 32.6 Å². The normalized spacial score (nSPS) is 11.2. The molecule has 128 valence electrons. The van der Waals surface area contributed by atoms with Gasteiger partial charge in [-0.2, -0.15) is 0 Å². The molecule has 5 nitrogen and oxygen atoms in total. The van der Waals surface area contributed by atoms with Gasteiger partial charge in [-0.15, -0.1) is 11.3 Å². The summed E-state index contributed by atoms with van der Waals surface area (Å²) in [7, 11) is 1.75. The molecule has 0 aliphatic carbocycles. The van der Waals surface area contributed by atoms with E-state index in [0.717, 1.165) is 18.1 Å².